The first-order valence-electron chi connectivity index (χ1n) is 7.57. The summed E-state index contributed by atoms with van der Waals surface area (Å²) < 4.78 is 7.36. The molecule has 1 saturated heterocycles. The van der Waals surface area contributed by atoms with Crippen molar-refractivity contribution in [2.45, 2.75) is 38.3 Å². The fraction of sp³-hybridized carbons (Fsp3) is 0.625. The molecule has 2 atom stereocenters. The third-order valence-corrected chi connectivity index (χ3v) is 5.22. The molecule has 2 bridgehead atoms. The van der Waals surface area contributed by atoms with E-state index in [4.69, 9.17) is 16.3 Å². The highest BCUT2D eigenvalue weighted by molar-refractivity contribution is 6.18. The zero-order chi connectivity index (χ0) is 16.0. The van der Waals surface area contributed by atoms with Crippen LogP contribution in [0.2, 0.25) is 0 Å². The second kappa shape index (κ2) is 5.39. The molecular weight excluding hydrogens is 304 g/mol. The smallest absolute Gasteiger partial charge is 0.315 e. The Morgan fingerprint density at radius 2 is 2.32 bits per heavy atom. The van der Waals surface area contributed by atoms with Crippen molar-refractivity contribution < 1.29 is 9.53 Å². The Hall–Kier alpha value is -1.33. The molecule has 120 valence electrons. The van der Waals surface area contributed by atoms with Gasteiger partial charge < -0.3 is 14.6 Å². The van der Waals surface area contributed by atoms with Gasteiger partial charge in [0.05, 0.1) is 11.3 Å². The van der Waals surface area contributed by atoms with Gasteiger partial charge in [-0.3, -0.25) is 9.59 Å². The number of nitrogens with zero attached hydrogens (tertiary/aromatic N) is 1. The van der Waals surface area contributed by atoms with E-state index in [0.717, 1.165) is 12.2 Å². The predicted octanol–water partition coefficient (Wildman–Crippen LogP) is 1.49. The number of hydrogen-bond donors (Lipinski definition) is 1. The molecule has 2 aliphatic heterocycles. The summed E-state index contributed by atoms with van der Waals surface area (Å²) in [5.74, 6) is 0.127. The maximum absolute atomic E-state index is 12.8. The van der Waals surface area contributed by atoms with Crippen LogP contribution in [0.15, 0.2) is 23.0 Å². The van der Waals surface area contributed by atoms with Gasteiger partial charge in [-0.05, 0) is 26.3 Å². The number of carbonyl (C=O) groups is 1. The highest BCUT2D eigenvalue weighted by atomic mass is 35.5. The van der Waals surface area contributed by atoms with Gasteiger partial charge in [0.1, 0.15) is 5.60 Å². The SMILES string of the molecule is CC(C)(CCl)OC(=O)[C@@]12CNC[C@@H](C1)c1cccc(=O)n1C2. The molecular formula is C16H21ClN2O3. The van der Waals surface area contributed by atoms with E-state index in [9.17, 15) is 9.59 Å². The van der Waals surface area contributed by atoms with E-state index in [1.807, 2.05) is 6.07 Å². The highest BCUT2D eigenvalue weighted by Gasteiger charge is 2.50. The van der Waals surface area contributed by atoms with E-state index in [0.29, 0.717) is 19.5 Å². The lowest BCUT2D eigenvalue weighted by Crippen LogP contribution is -2.57. The second-order valence-corrected chi connectivity index (χ2v) is 7.24. The van der Waals surface area contributed by atoms with Crippen molar-refractivity contribution in [2.24, 2.45) is 5.41 Å². The van der Waals surface area contributed by atoms with Crippen LogP contribution >= 0.6 is 11.6 Å². The maximum Gasteiger partial charge on any atom is 0.315 e. The fourth-order valence-electron chi connectivity index (χ4n) is 3.40. The number of fused-ring (bicyclic) bond motifs is 4. The van der Waals surface area contributed by atoms with Gasteiger partial charge in [-0.15, -0.1) is 11.6 Å². The Balaban J connectivity index is 1.96. The molecule has 6 heteroatoms. The molecule has 0 aliphatic carbocycles. The Morgan fingerprint density at radius 3 is 3.05 bits per heavy atom. The quantitative estimate of drug-likeness (QED) is 0.676. The van der Waals surface area contributed by atoms with Crippen LogP contribution in [-0.4, -0.2) is 35.1 Å². The van der Waals surface area contributed by atoms with E-state index >= 15 is 0 Å². The zero-order valence-electron chi connectivity index (χ0n) is 12.9. The number of carbonyl (C=O) groups excluding carboxylic acids is 1. The molecule has 0 unspecified atom stereocenters. The van der Waals surface area contributed by atoms with Gasteiger partial charge in [-0.25, -0.2) is 0 Å². The average Bonchev–Trinajstić information content (AvgIpc) is 2.48. The van der Waals surface area contributed by atoms with Crippen LogP contribution < -0.4 is 10.9 Å². The molecule has 0 saturated carbocycles. The van der Waals surface area contributed by atoms with Gasteiger partial charge in [0.2, 0.25) is 0 Å². The summed E-state index contributed by atoms with van der Waals surface area (Å²) in [6.45, 7) is 5.26. The molecule has 1 N–H and O–H groups in total. The number of nitrogens with one attached hydrogen (secondary N) is 1. The number of piperidine rings is 1. The largest absolute Gasteiger partial charge is 0.458 e. The maximum atomic E-state index is 12.8. The van der Waals surface area contributed by atoms with E-state index in [1.54, 1.807) is 30.5 Å². The summed E-state index contributed by atoms with van der Waals surface area (Å²) in [7, 11) is 0. The number of ether oxygens (including phenoxy) is 1. The fourth-order valence-corrected chi connectivity index (χ4v) is 3.46. The molecule has 1 fully saturated rings. The predicted molar refractivity (Wildman–Crippen MR) is 84.3 cm³/mol. The van der Waals surface area contributed by atoms with Crippen molar-refractivity contribution in [2.75, 3.05) is 19.0 Å². The van der Waals surface area contributed by atoms with Gasteiger partial charge in [0.25, 0.3) is 5.56 Å². The van der Waals surface area contributed by atoms with E-state index in [1.165, 1.54) is 0 Å². The first-order chi connectivity index (χ1) is 10.4. The lowest BCUT2D eigenvalue weighted by atomic mass is 9.72. The van der Waals surface area contributed by atoms with Crippen LogP contribution in [0.4, 0.5) is 0 Å². The number of esters is 1. The van der Waals surface area contributed by atoms with Crippen molar-refractivity contribution >= 4 is 17.6 Å². The first-order valence-corrected chi connectivity index (χ1v) is 8.10. The topological polar surface area (TPSA) is 60.3 Å². The molecule has 0 radical (unpaired) electrons. The van der Waals surface area contributed by atoms with Crippen molar-refractivity contribution in [1.29, 1.82) is 0 Å². The molecule has 0 amide bonds. The number of pyridine rings is 1. The summed E-state index contributed by atoms with van der Waals surface area (Å²) in [5.41, 5.74) is -0.454. The molecule has 5 nitrogen and oxygen atoms in total. The number of hydrogen-bond acceptors (Lipinski definition) is 4. The molecule has 0 aromatic carbocycles. The lowest BCUT2D eigenvalue weighted by Gasteiger charge is -2.45. The third-order valence-electron chi connectivity index (χ3n) is 4.58. The van der Waals surface area contributed by atoms with Gasteiger partial charge in [-0.1, -0.05) is 6.07 Å². The Morgan fingerprint density at radius 1 is 1.55 bits per heavy atom. The van der Waals surface area contributed by atoms with Crippen molar-refractivity contribution in [3.05, 3.63) is 34.2 Å². The summed E-state index contributed by atoms with van der Waals surface area (Å²) in [5, 5.41) is 3.32. The van der Waals surface area contributed by atoms with Crippen LogP contribution in [0.3, 0.4) is 0 Å². The Bertz CT molecular complexity index is 655. The van der Waals surface area contributed by atoms with Crippen LogP contribution in [0.25, 0.3) is 0 Å². The normalized spacial score (nSPS) is 27.1. The van der Waals surface area contributed by atoms with Crippen LogP contribution in [0.1, 0.15) is 31.9 Å². The van der Waals surface area contributed by atoms with E-state index in [2.05, 4.69) is 5.32 Å². The second-order valence-electron chi connectivity index (χ2n) is 6.97. The average molecular weight is 325 g/mol. The molecule has 1 aromatic heterocycles. The van der Waals surface area contributed by atoms with Crippen molar-refractivity contribution in [3.63, 3.8) is 0 Å². The highest BCUT2D eigenvalue weighted by Crippen LogP contribution is 2.42. The summed E-state index contributed by atoms with van der Waals surface area (Å²) in [6, 6.07) is 5.29. The van der Waals surface area contributed by atoms with Gasteiger partial charge >= 0.3 is 5.97 Å². The van der Waals surface area contributed by atoms with Crippen molar-refractivity contribution in [3.8, 4) is 0 Å². The minimum Gasteiger partial charge on any atom is -0.458 e. The molecule has 1 aromatic rings. The number of halogens is 1. The number of rotatable bonds is 3. The molecule has 0 spiro atoms. The Labute approximate surface area is 134 Å². The molecule has 3 heterocycles. The number of aromatic nitrogens is 1. The van der Waals surface area contributed by atoms with Crippen LogP contribution in [0, 0.1) is 5.41 Å². The van der Waals surface area contributed by atoms with Gasteiger partial charge in [0.15, 0.2) is 0 Å². The third kappa shape index (κ3) is 2.57. The standard InChI is InChI=1S/C16H21ClN2O3/c1-15(2,8-17)22-14(21)16-6-11(7-18-9-16)12-4-3-5-13(20)19(12)10-16/h3-5,11,18H,6-10H2,1-2H3/t11-,16-/m1/s1. The van der Waals surface area contributed by atoms with Gasteiger partial charge in [-0.2, -0.15) is 0 Å². The molecule has 2 aliphatic rings. The van der Waals surface area contributed by atoms with Crippen LogP contribution in [0.5, 0.6) is 0 Å². The molecule has 22 heavy (non-hydrogen) atoms. The summed E-state index contributed by atoms with van der Waals surface area (Å²) >= 11 is 5.87. The lowest BCUT2D eigenvalue weighted by molar-refractivity contribution is -0.171. The first kappa shape index (κ1) is 15.6. The van der Waals surface area contributed by atoms with Crippen molar-refractivity contribution in [1.82, 2.24) is 9.88 Å². The minimum absolute atomic E-state index is 0.0575. The van der Waals surface area contributed by atoms with Gasteiger partial charge in [0, 0.05) is 37.3 Å². The zero-order valence-corrected chi connectivity index (χ0v) is 13.7. The van der Waals surface area contributed by atoms with Crippen LogP contribution in [-0.2, 0) is 16.1 Å². The number of alkyl halides is 1. The summed E-state index contributed by atoms with van der Waals surface area (Å²) in [4.78, 5) is 25.0. The van der Waals surface area contributed by atoms with E-state index < -0.39 is 11.0 Å². The minimum atomic E-state index is -0.706. The van der Waals surface area contributed by atoms with E-state index in [-0.39, 0.29) is 23.3 Å². The summed E-state index contributed by atoms with van der Waals surface area (Å²) in [6.07, 6.45) is 0.709. The monoisotopic (exact) mass is 324 g/mol. The Kier molecular flexibility index (Phi) is 3.81. The molecule has 3 rings (SSSR count).